The van der Waals surface area contributed by atoms with Crippen molar-refractivity contribution in [3.63, 3.8) is 0 Å². The van der Waals surface area contributed by atoms with Gasteiger partial charge < -0.3 is 0 Å². The lowest BCUT2D eigenvalue weighted by molar-refractivity contribution is 0.249. The van der Waals surface area contributed by atoms with Gasteiger partial charge in [0.15, 0.2) is 0 Å². The molecule has 5 heteroatoms. The van der Waals surface area contributed by atoms with E-state index < -0.39 is 10.0 Å². The van der Waals surface area contributed by atoms with Crippen molar-refractivity contribution in [2.75, 3.05) is 12.3 Å². The van der Waals surface area contributed by atoms with Gasteiger partial charge in [0.2, 0.25) is 10.0 Å². The Hall–Kier alpha value is -0.520. The number of rotatable bonds is 3. The van der Waals surface area contributed by atoms with E-state index in [1.54, 1.807) is 12.1 Å². The summed E-state index contributed by atoms with van der Waals surface area (Å²) in [6.45, 7) is 2.70. The van der Waals surface area contributed by atoms with Crippen molar-refractivity contribution in [2.45, 2.75) is 68.1 Å². The molecule has 1 aromatic carbocycles. The number of nitrogens with zero attached hydrogens (tertiary/aromatic N) is 1. The third kappa shape index (κ3) is 3.40. The van der Waals surface area contributed by atoms with Gasteiger partial charge in [-0.15, -0.1) is 0 Å². The summed E-state index contributed by atoms with van der Waals surface area (Å²) in [6, 6.07) is 7.58. The molecule has 138 valence electrons. The van der Waals surface area contributed by atoms with Crippen molar-refractivity contribution >= 4 is 21.8 Å². The Labute approximate surface area is 156 Å². The molecule has 0 bridgehead atoms. The van der Waals surface area contributed by atoms with Crippen LogP contribution < -0.4 is 0 Å². The van der Waals surface area contributed by atoms with Gasteiger partial charge in [-0.25, -0.2) is 8.42 Å². The number of benzene rings is 1. The lowest BCUT2D eigenvalue weighted by Gasteiger charge is -2.41. The van der Waals surface area contributed by atoms with Crippen molar-refractivity contribution in [2.24, 2.45) is 11.8 Å². The fraction of sp³-hybridized carbons (Fsp3) is 0.700. The molecule has 0 aromatic heterocycles. The highest BCUT2D eigenvalue weighted by atomic mass is 32.2. The van der Waals surface area contributed by atoms with Crippen LogP contribution in [-0.2, 0) is 10.0 Å². The Morgan fingerprint density at radius 3 is 2.44 bits per heavy atom. The molecule has 2 aliphatic heterocycles. The van der Waals surface area contributed by atoms with E-state index in [0.29, 0.717) is 22.6 Å². The molecule has 0 unspecified atom stereocenters. The number of thioether (sulfide) groups is 1. The smallest absolute Gasteiger partial charge is 0.207 e. The van der Waals surface area contributed by atoms with Gasteiger partial charge in [0.25, 0.3) is 0 Å². The summed E-state index contributed by atoms with van der Waals surface area (Å²) >= 11 is 2.14. The van der Waals surface area contributed by atoms with Gasteiger partial charge in [-0.1, -0.05) is 37.0 Å². The number of hydrogen-bond donors (Lipinski definition) is 0. The zero-order valence-corrected chi connectivity index (χ0v) is 16.7. The van der Waals surface area contributed by atoms with Crippen LogP contribution >= 0.6 is 11.8 Å². The molecule has 0 spiro atoms. The number of hydrogen-bond acceptors (Lipinski definition) is 3. The first kappa shape index (κ1) is 17.9. The Morgan fingerprint density at radius 2 is 1.72 bits per heavy atom. The van der Waals surface area contributed by atoms with E-state index in [1.807, 2.05) is 23.4 Å². The largest absolute Gasteiger partial charge is 0.243 e. The fourth-order valence-corrected chi connectivity index (χ4v) is 8.60. The van der Waals surface area contributed by atoms with Gasteiger partial charge in [-0.3, -0.25) is 0 Å². The molecule has 0 amide bonds. The van der Waals surface area contributed by atoms with E-state index in [4.69, 9.17) is 0 Å². The quantitative estimate of drug-likeness (QED) is 0.778. The van der Waals surface area contributed by atoms with E-state index in [0.717, 1.165) is 30.1 Å². The van der Waals surface area contributed by atoms with Crippen molar-refractivity contribution < 1.29 is 8.42 Å². The van der Waals surface area contributed by atoms with Crippen LogP contribution in [0.3, 0.4) is 0 Å². The third-order valence-corrected chi connectivity index (χ3v) is 9.96. The molecule has 3 atom stereocenters. The predicted molar refractivity (Wildman–Crippen MR) is 104 cm³/mol. The number of fused-ring (bicyclic) bond motifs is 1. The molecule has 2 heterocycles. The van der Waals surface area contributed by atoms with E-state index in [1.165, 1.54) is 32.1 Å². The molecule has 1 aromatic rings. The minimum atomic E-state index is -3.36. The Bertz CT molecular complexity index is 695. The molecular weight excluding hydrogens is 350 g/mol. The molecular formula is C20H29NO2S2. The first-order chi connectivity index (χ1) is 12.1. The monoisotopic (exact) mass is 379 g/mol. The van der Waals surface area contributed by atoms with E-state index in [9.17, 15) is 8.42 Å². The standard InChI is InChI=1S/C20H29NO2S2/c1-15-7-9-17(10-8-15)25(22,23)21-13-11-18-19(21)12-14-24-20(18)16-5-3-2-4-6-16/h7-10,16,18-20H,2-6,11-14H2,1H3/t18-,19+,20+/m1/s1. The van der Waals surface area contributed by atoms with Crippen LogP contribution in [0, 0.1) is 18.8 Å². The van der Waals surface area contributed by atoms with Crippen LogP contribution in [0.1, 0.15) is 50.5 Å². The zero-order valence-electron chi connectivity index (χ0n) is 15.1. The van der Waals surface area contributed by atoms with Gasteiger partial charge in [0.1, 0.15) is 0 Å². The highest BCUT2D eigenvalue weighted by Crippen LogP contribution is 2.47. The van der Waals surface area contributed by atoms with Crippen LogP contribution in [0.5, 0.6) is 0 Å². The van der Waals surface area contributed by atoms with E-state index >= 15 is 0 Å². The lowest BCUT2D eigenvalue weighted by atomic mass is 9.79. The molecule has 4 rings (SSSR count). The van der Waals surface area contributed by atoms with Gasteiger partial charge in [-0.2, -0.15) is 16.1 Å². The number of sulfonamides is 1. The van der Waals surface area contributed by atoms with Crippen molar-refractivity contribution in [1.29, 1.82) is 0 Å². The molecule has 3 fully saturated rings. The van der Waals surface area contributed by atoms with E-state index in [2.05, 4.69) is 11.8 Å². The SMILES string of the molecule is Cc1ccc(S(=O)(=O)N2CC[C@H]3[C@H](C4CCCCC4)SCC[C@@H]32)cc1. The number of aryl methyl sites for hydroxylation is 1. The second-order valence-corrected chi connectivity index (χ2v) is 11.1. The Balaban J connectivity index is 1.56. The summed E-state index contributed by atoms with van der Waals surface area (Å²) < 4.78 is 28.3. The van der Waals surface area contributed by atoms with Crippen LogP contribution in [0.15, 0.2) is 29.2 Å². The van der Waals surface area contributed by atoms with Gasteiger partial charge in [0.05, 0.1) is 4.90 Å². The maximum absolute atomic E-state index is 13.2. The summed E-state index contributed by atoms with van der Waals surface area (Å²) in [4.78, 5) is 0.464. The molecule has 25 heavy (non-hydrogen) atoms. The second kappa shape index (κ2) is 7.24. The van der Waals surface area contributed by atoms with Gasteiger partial charge in [0, 0.05) is 17.8 Å². The predicted octanol–water partition coefficient (Wildman–Crippen LogP) is 4.46. The minimum Gasteiger partial charge on any atom is -0.207 e. The van der Waals surface area contributed by atoms with Gasteiger partial charge >= 0.3 is 0 Å². The van der Waals surface area contributed by atoms with Crippen molar-refractivity contribution in [3.05, 3.63) is 29.8 Å². The first-order valence-electron chi connectivity index (χ1n) is 9.77. The molecule has 2 saturated heterocycles. The normalized spacial score (nSPS) is 31.8. The highest BCUT2D eigenvalue weighted by molar-refractivity contribution is 8.00. The zero-order chi connectivity index (χ0) is 17.4. The molecule has 3 aliphatic rings. The van der Waals surface area contributed by atoms with Gasteiger partial charge in [-0.05, 0) is 62.3 Å². The Kier molecular flexibility index (Phi) is 5.18. The summed E-state index contributed by atoms with van der Waals surface area (Å²) in [5.41, 5.74) is 1.10. The fourth-order valence-electron chi connectivity index (χ4n) is 5.13. The minimum absolute atomic E-state index is 0.222. The summed E-state index contributed by atoms with van der Waals surface area (Å²) in [6.07, 6.45) is 8.88. The molecule has 1 aliphatic carbocycles. The topological polar surface area (TPSA) is 37.4 Å². The lowest BCUT2D eigenvalue weighted by Crippen LogP contribution is -2.44. The average molecular weight is 380 g/mol. The van der Waals surface area contributed by atoms with Crippen LogP contribution in [0.25, 0.3) is 0 Å². The molecule has 0 radical (unpaired) electrons. The molecule has 3 nitrogen and oxygen atoms in total. The Morgan fingerprint density at radius 1 is 1.00 bits per heavy atom. The second-order valence-electron chi connectivity index (χ2n) is 7.97. The first-order valence-corrected chi connectivity index (χ1v) is 12.3. The van der Waals surface area contributed by atoms with Crippen LogP contribution in [-0.4, -0.2) is 36.3 Å². The van der Waals surface area contributed by atoms with E-state index in [-0.39, 0.29) is 6.04 Å². The molecule has 0 N–H and O–H groups in total. The van der Waals surface area contributed by atoms with Crippen molar-refractivity contribution in [3.8, 4) is 0 Å². The summed E-state index contributed by atoms with van der Waals surface area (Å²) in [5.74, 6) is 2.48. The molecule has 1 saturated carbocycles. The average Bonchev–Trinajstić information content (AvgIpc) is 3.08. The third-order valence-electron chi connectivity index (χ3n) is 6.43. The highest BCUT2D eigenvalue weighted by Gasteiger charge is 2.48. The maximum Gasteiger partial charge on any atom is 0.243 e. The maximum atomic E-state index is 13.2. The van der Waals surface area contributed by atoms with Crippen LogP contribution in [0.4, 0.5) is 0 Å². The van der Waals surface area contributed by atoms with Crippen LogP contribution in [0.2, 0.25) is 0 Å². The van der Waals surface area contributed by atoms with Crippen molar-refractivity contribution in [1.82, 2.24) is 4.31 Å². The summed E-state index contributed by atoms with van der Waals surface area (Å²) in [7, 11) is -3.36. The summed E-state index contributed by atoms with van der Waals surface area (Å²) in [5, 5.41) is 0.678.